The fourth-order valence-corrected chi connectivity index (χ4v) is 3.53. The first-order chi connectivity index (χ1) is 10.3. The molecule has 1 N–H and O–H groups in total. The predicted molar refractivity (Wildman–Crippen MR) is 95.2 cm³/mol. The summed E-state index contributed by atoms with van der Waals surface area (Å²) in [7, 11) is 0. The molecule has 1 aromatic rings. The van der Waals surface area contributed by atoms with Crippen molar-refractivity contribution in [1.82, 2.24) is 10.3 Å². The van der Waals surface area contributed by atoms with E-state index in [1.807, 2.05) is 11.3 Å². The third kappa shape index (κ3) is 9.26. The third-order valence-corrected chi connectivity index (χ3v) is 4.92. The third-order valence-electron chi connectivity index (χ3n) is 3.93. The molecule has 0 fully saturated rings. The van der Waals surface area contributed by atoms with Gasteiger partial charge in [0.15, 0.2) is 0 Å². The van der Waals surface area contributed by atoms with E-state index in [0.29, 0.717) is 6.04 Å². The number of hydrogen-bond donors (Lipinski definition) is 1. The lowest BCUT2D eigenvalue weighted by Crippen LogP contribution is -2.31. The minimum absolute atomic E-state index is 0.617. The standard InChI is InChI=1S/C18H34N2S/c1-4-6-7-8-9-10-11-12-17(19-13-5-2)14-18-20-16(3)15-21-18/h15,17,19H,4-14H2,1-3H3. The number of nitrogens with zero attached hydrogens (tertiary/aromatic N) is 1. The summed E-state index contributed by atoms with van der Waals surface area (Å²) in [4.78, 5) is 4.62. The molecule has 0 aliphatic rings. The Morgan fingerprint density at radius 1 is 1.05 bits per heavy atom. The van der Waals surface area contributed by atoms with Gasteiger partial charge in [0.2, 0.25) is 0 Å². The van der Waals surface area contributed by atoms with E-state index in [-0.39, 0.29) is 0 Å². The zero-order valence-corrected chi connectivity index (χ0v) is 15.1. The van der Waals surface area contributed by atoms with Gasteiger partial charge in [0, 0.05) is 23.5 Å². The van der Waals surface area contributed by atoms with Gasteiger partial charge in [-0.2, -0.15) is 0 Å². The van der Waals surface area contributed by atoms with Crippen LogP contribution in [-0.2, 0) is 6.42 Å². The van der Waals surface area contributed by atoms with Crippen LogP contribution in [0.15, 0.2) is 5.38 Å². The molecule has 0 saturated carbocycles. The van der Waals surface area contributed by atoms with Crippen molar-refractivity contribution in [1.29, 1.82) is 0 Å². The maximum atomic E-state index is 4.62. The average molecular weight is 311 g/mol. The molecule has 1 atom stereocenters. The highest BCUT2D eigenvalue weighted by Gasteiger charge is 2.10. The normalized spacial score (nSPS) is 12.7. The van der Waals surface area contributed by atoms with Crippen molar-refractivity contribution in [2.45, 2.75) is 91.0 Å². The molecular weight excluding hydrogens is 276 g/mol. The minimum Gasteiger partial charge on any atom is -0.314 e. The van der Waals surface area contributed by atoms with Gasteiger partial charge in [-0.1, -0.05) is 58.8 Å². The van der Waals surface area contributed by atoms with Crippen molar-refractivity contribution >= 4 is 11.3 Å². The summed E-state index contributed by atoms with van der Waals surface area (Å²) in [6.45, 7) is 7.74. The lowest BCUT2D eigenvalue weighted by Gasteiger charge is -2.17. The monoisotopic (exact) mass is 310 g/mol. The zero-order chi connectivity index (χ0) is 15.3. The van der Waals surface area contributed by atoms with Crippen LogP contribution in [0.1, 0.15) is 82.3 Å². The molecule has 2 nitrogen and oxygen atoms in total. The zero-order valence-electron chi connectivity index (χ0n) is 14.3. The van der Waals surface area contributed by atoms with E-state index in [1.165, 1.54) is 68.5 Å². The summed E-state index contributed by atoms with van der Waals surface area (Å²) < 4.78 is 0. The van der Waals surface area contributed by atoms with Gasteiger partial charge in [-0.15, -0.1) is 11.3 Å². The number of aromatic nitrogens is 1. The van der Waals surface area contributed by atoms with Crippen molar-refractivity contribution in [3.8, 4) is 0 Å². The molecular formula is C18H34N2S. The van der Waals surface area contributed by atoms with E-state index in [9.17, 15) is 0 Å². The van der Waals surface area contributed by atoms with Crippen molar-refractivity contribution in [2.75, 3.05) is 6.54 Å². The summed E-state index contributed by atoms with van der Waals surface area (Å²) in [6, 6.07) is 0.617. The fraction of sp³-hybridized carbons (Fsp3) is 0.833. The Morgan fingerprint density at radius 3 is 2.38 bits per heavy atom. The first kappa shape index (κ1) is 18.6. The van der Waals surface area contributed by atoms with Gasteiger partial charge in [0.1, 0.15) is 0 Å². The van der Waals surface area contributed by atoms with Crippen LogP contribution in [0.25, 0.3) is 0 Å². The van der Waals surface area contributed by atoms with Crippen LogP contribution >= 0.6 is 11.3 Å². The van der Waals surface area contributed by atoms with Gasteiger partial charge in [-0.05, 0) is 26.3 Å². The van der Waals surface area contributed by atoms with E-state index >= 15 is 0 Å². The molecule has 0 spiro atoms. The van der Waals surface area contributed by atoms with Crippen molar-refractivity contribution in [3.63, 3.8) is 0 Å². The first-order valence-electron chi connectivity index (χ1n) is 8.90. The minimum atomic E-state index is 0.617. The van der Waals surface area contributed by atoms with E-state index in [0.717, 1.165) is 13.0 Å². The molecule has 1 rings (SSSR count). The molecule has 0 amide bonds. The van der Waals surface area contributed by atoms with Gasteiger partial charge in [-0.3, -0.25) is 0 Å². The highest BCUT2D eigenvalue weighted by atomic mass is 32.1. The molecule has 0 radical (unpaired) electrons. The van der Waals surface area contributed by atoms with Crippen molar-refractivity contribution in [3.05, 3.63) is 16.1 Å². The largest absolute Gasteiger partial charge is 0.314 e. The second kappa shape index (κ2) is 12.2. The van der Waals surface area contributed by atoms with Crippen LogP contribution in [0.2, 0.25) is 0 Å². The molecule has 0 aromatic carbocycles. The van der Waals surface area contributed by atoms with Gasteiger partial charge < -0.3 is 5.32 Å². The number of aryl methyl sites for hydroxylation is 1. The Morgan fingerprint density at radius 2 is 1.76 bits per heavy atom. The molecule has 1 aromatic heterocycles. The molecule has 122 valence electrons. The van der Waals surface area contributed by atoms with Crippen molar-refractivity contribution < 1.29 is 0 Å². The summed E-state index contributed by atoms with van der Waals surface area (Å²) in [5.74, 6) is 0. The Kier molecular flexibility index (Phi) is 10.8. The van der Waals surface area contributed by atoms with E-state index in [2.05, 4.69) is 36.5 Å². The van der Waals surface area contributed by atoms with Crippen molar-refractivity contribution in [2.24, 2.45) is 0 Å². The lowest BCUT2D eigenvalue weighted by molar-refractivity contribution is 0.449. The lowest BCUT2D eigenvalue weighted by atomic mass is 10.0. The molecule has 3 heteroatoms. The highest BCUT2D eigenvalue weighted by Crippen LogP contribution is 2.15. The van der Waals surface area contributed by atoms with Crippen LogP contribution in [0.5, 0.6) is 0 Å². The van der Waals surface area contributed by atoms with Crippen LogP contribution < -0.4 is 5.32 Å². The second-order valence-electron chi connectivity index (χ2n) is 6.15. The second-order valence-corrected chi connectivity index (χ2v) is 7.09. The maximum absolute atomic E-state index is 4.62. The van der Waals surface area contributed by atoms with Gasteiger partial charge in [0.05, 0.1) is 5.01 Å². The van der Waals surface area contributed by atoms with E-state index in [4.69, 9.17) is 0 Å². The van der Waals surface area contributed by atoms with Crippen LogP contribution in [-0.4, -0.2) is 17.6 Å². The van der Waals surface area contributed by atoms with Gasteiger partial charge in [0.25, 0.3) is 0 Å². The van der Waals surface area contributed by atoms with Crippen LogP contribution in [0.3, 0.4) is 0 Å². The number of unbranched alkanes of at least 4 members (excludes halogenated alkanes) is 6. The summed E-state index contributed by atoms with van der Waals surface area (Å²) in [6.07, 6.45) is 13.4. The van der Waals surface area contributed by atoms with Gasteiger partial charge in [-0.25, -0.2) is 4.98 Å². The first-order valence-corrected chi connectivity index (χ1v) is 9.78. The SMILES string of the molecule is CCCCCCCCCC(Cc1nc(C)cs1)NCCC. The number of rotatable bonds is 13. The molecule has 0 saturated heterocycles. The number of nitrogens with one attached hydrogen (secondary N) is 1. The predicted octanol–water partition coefficient (Wildman–Crippen LogP) is 5.50. The maximum Gasteiger partial charge on any atom is 0.0943 e. The molecule has 1 heterocycles. The topological polar surface area (TPSA) is 24.9 Å². The smallest absolute Gasteiger partial charge is 0.0943 e. The molecule has 21 heavy (non-hydrogen) atoms. The Labute approximate surface area is 135 Å². The summed E-state index contributed by atoms with van der Waals surface area (Å²) in [5.41, 5.74) is 1.17. The number of hydrogen-bond acceptors (Lipinski definition) is 3. The molecule has 0 aliphatic carbocycles. The quantitative estimate of drug-likeness (QED) is 0.486. The molecule has 0 bridgehead atoms. The Balaban J connectivity index is 2.20. The van der Waals surface area contributed by atoms with Crippen LogP contribution in [0.4, 0.5) is 0 Å². The van der Waals surface area contributed by atoms with E-state index in [1.54, 1.807) is 0 Å². The van der Waals surface area contributed by atoms with Crippen LogP contribution in [0, 0.1) is 6.92 Å². The summed E-state index contributed by atoms with van der Waals surface area (Å²) in [5, 5.41) is 7.17. The summed E-state index contributed by atoms with van der Waals surface area (Å²) >= 11 is 1.81. The fourth-order valence-electron chi connectivity index (χ4n) is 2.68. The Hall–Kier alpha value is -0.410. The Bertz CT molecular complexity index is 349. The average Bonchev–Trinajstić information content (AvgIpc) is 2.88. The molecule has 0 aliphatic heterocycles. The van der Waals surface area contributed by atoms with Gasteiger partial charge >= 0.3 is 0 Å². The highest BCUT2D eigenvalue weighted by molar-refractivity contribution is 7.09. The molecule has 1 unspecified atom stereocenters. The van der Waals surface area contributed by atoms with E-state index < -0.39 is 0 Å². The number of thiazole rings is 1.